The number of esters is 3. The number of rotatable bonds is 12. The Balaban J connectivity index is 2.26. The minimum absolute atomic E-state index is 0.0132. The number of carbonyl (C=O) groups is 8. The van der Waals surface area contributed by atoms with Gasteiger partial charge in [0.2, 0.25) is 23.6 Å². The third-order valence-electron chi connectivity index (χ3n) is 14.5. The SMILES string of the molecule is CC[C@@H](C)[C@@H]1NC(=O)CN(C)C(=O)[C@@H](Cc2ccccc2)N(C)C(=O)[C@H](C)NC(=O)[C@@H]([C@@H](C)CC)OC(=O)/C(C)=C/C[C@H](OC(=O)[C@](OC)(c2ccccc2)C(F)(F)F)[C@H](C)[C@H]([C@@H](C)CC)OC(=O)[C@H](C)N(C)C1=O. The molecule has 0 unspecified atom stereocenters. The highest BCUT2D eigenvalue weighted by Gasteiger charge is 2.64. The lowest BCUT2D eigenvalue weighted by molar-refractivity contribution is -0.279. The van der Waals surface area contributed by atoms with Crippen molar-refractivity contribution < 1.29 is 70.5 Å². The maximum Gasteiger partial charge on any atom is 0.432 e. The Morgan fingerprint density at radius 2 is 1.32 bits per heavy atom. The summed E-state index contributed by atoms with van der Waals surface area (Å²) < 4.78 is 68.5. The fourth-order valence-corrected chi connectivity index (χ4v) is 8.68. The molecule has 0 radical (unpaired) electrons. The number of halogens is 3. The molecule has 2 N–H and O–H groups in total. The van der Waals surface area contributed by atoms with Crippen LogP contribution in [0.15, 0.2) is 72.3 Å². The molecule has 1 aliphatic rings. The molecular weight excluding hydrogens is 980 g/mol. The Morgan fingerprint density at radius 1 is 0.760 bits per heavy atom. The zero-order chi connectivity index (χ0) is 56.7. The first-order chi connectivity index (χ1) is 35.1. The van der Waals surface area contributed by atoms with Gasteiger partial charge in [0.25, 0.3) is 11.5 Å². The van der Waals surface area contributed by atoms with Crippen molar-refractivity contribution in [2.75, 3.05) is 34.8 Å². The molecule has 1 aliphatic heterocycles. The number of ether oxygens (including phenoxy) is 4. The van der Waals surface area contributed by atoms with E-state index in [9.17, 15) is 38.4 Å². The van der Waals surface area contributed by atoms with Gasteiger partial charge in [-0.25, -0.2) is 14.4 Å². The van der Waals surface area contributed by atoms with E-state index in [4.69, 9.17) is 18.9 Å². The summed E-state index contributed by atoms with van der Waals surface area (Å²) in [4.78, 5) is 117. The summed E-state index contributed by atoms with van der Waals surface area (Å²) in [6, 6.07) is 10.0. The van der Waals surface area contributed by atoms with E-state index in [1.54, 1.807) is 71.9 Å². The van der Waals surface area contributed by atoms with Crippen molar-refractivity contribution in [3.8, 4) is 0 Å². The molecule has 20 heteroatoms. The zero-order valence-corrected chi connectivity index (χ0v) is 45.8. The maximum absolute atomic E-state index is 15.2. The topological polar surface area (TPSA) is 207 Å². The highest BCUT2D eigenvalue weighted by atomic mass is 19.4. The standard InChI is InChI=1S/C55H78F3N5O12/c1-15-32(4)44-50(68)62(12)38(10)52(70)74-45(33(5)16-2)36(8)42(73-53(71)54(72-14,55(56,57)58)40-26-22-19-23-27-40)29-28-35(7)51(69)75-46(34(6)17-3)47(65)59-37(9)48(66)63(13)41(30-39-24-20-18-21-25-39)49(67)61(11)31-43(64)60-44/h18-28,32-34,36-38,41-42,44-46H,15-17,29-31H2,1-14H3,(H,59,65)(H,60,64)/b35-28+/t32-,33+,34+,36+,37+,38+,41-,42+,44+,45+,46-,54-/m1/s1. The summed E-state index contributed by atoms with van der Waals surface area (Å²) in [6.07, 6.45) is -7.63. The molecule has 12 atom stereocenters. The number of alkyl halides is 3. The number of cyclic esters (lactones) is 2. The summed E-state index contributed by atoms with van der Waals surface area (Å²) in [7, 11) is 4.82. The lowest BCUT2D eigenvalue weighted by atomic mass is 9.85. The molecule has 0 fully saturated rings. The van der Waals surface area contributed by atoms with Crippen molar-refractivity contribution in [1.29, 1.82) is 0 Å². The van der Waals surface area contributed by atoms with Gasteiger partial charge >= 0.3 is 24.1 Å². The van der Waals surface area contributed by atoms with Crippen LogP contribution < -0.4 is 10.6 Å². The smallest absolute Gasteiger partial charge is 0.432 e. The number of methoxy groups -OCH3 is 1. The van der Waals surface area contributed by atoms with E-state index in [-0.39, 0.29) is 12.0 Å². The number of hydrogen-bond donors (Lipinski definition) is 2. The largest absolute Gasteiger partial charge is 0.460 e. The third kappa shape index (κ3) is 15.6. The molecule has 0 bridgehead atoms. The van der Waals surface area contributed by atoms with Crippen LogP contribution in [-0.4, -0.2) is 146 Å². The average molecular weight is 1060 g/mol. The van der Waals surface area contributed by atoms with Crippen LogP contribution in [0.5, 0.6) is 0 Å². The van der Waals surface area contributed by atoms with Crippen LogP contribution in [0, 0.1) is 23.7 Å². The quantitative estimate of drug-likeness (QED) is 0.177. The van der Waals surface area contributed by atoms with Gasteiger partial charge in [-0.3, -0.25) is 24.0 Å². The molecule has 0 spiro atoms. The van der Waals surface area contributed by atoms with E-state index in [0.717, 1.165) is 33.9 Å². The normalized spacial score (nSPS) is 26.9. The van der Waals surface area contributed by atoms with Crippen molar-refractivity contribution in [3.05, 3.63) is 83.4 Å². The van der Waals surface area contributed by atoms with E-state index < -0.39 is 144 Å². The molecule has 5 amide bonds. The van der Waals surface area contributed by atoms with E-state index in [2.05, 4.69) is 10.6 Å². The van der Waals surface area contributed by atoms with E-state index in [1.165, 1.54) is 73.1 Å². The van der Waals surface area contributed by atoms with Gasteiger partial charge in [0, 0.05) is 64.1 Å². The first-order valence-electron chi connectivity index (χ1n) is 25.5. The molecular formula is C55H78F3N5O12. The number of likely N-dealkylation sites (N-methyl/N-ethyl adjacent to an activating group) is 3. The lowest BCUT2D eigenvalue weighted by Gasteiger charge is -2.38. The van der Waals surface area contributed by atoms with Crippen LogP contribution in [-0.2, 0) is 69.3 Å². The molecule has 2 aromatic carbocycles. The average Bonchev–Trinajstić information content (AvgIpc) is 3.39. The van der Waals surface area contributed by atoms with Gasteiger partial charge in [-0.15, -0.1) is 0 Å². The number of nitrogens with zero attached hydrogens (tertiary/aromatic N) is 3. The second kappa shape index (κ2) is 28.0. The van der Waals surface area contributed by atoms with Crippen LogP contribution in [0.25, 0.3) is 0 Å². The van der Waals surface area contributed by atoms with Crippen LogP contribution in [0.2, 0.25) is 0 Å². The van der Waals surface area contributed by atoms with E-state index in [0.29, 0.717) is 24.8 Å². The molecule has 1 heterocycles. The predicted molar refractivity (Wildman–Crippen MR) is 273 cm³/mol. The fraction of sp³-hybridized carbons (Fsp3) is 0.600. The molecule has 17 nitrogen and oxygen atoms in total. The van der Waals surface area contributed by atoms with Crippen molar-refractivity contribution in [1.82, 2.24) is 25.3 Å². The van der Waals surface area contributed by atoms with Crippen molar-refractivity contribution in [2.45, 2.75) is 156 Å². The Kier molecular flexibility index (Phi) is 23.5. The lowest BCUT2D eigenvalue weighted by Crippen LogP contribution is -2.58. The Morgan fingerprint density at radius 3 is 1.85 bits per heavy atom. The molecule has 75 heavy (non-hydrogen) atoms. The third-order valence-corrected chi connectivity index (χ3v) is 14.5. The maximum atomic E-state index is 15.2. The van der Waals surface area contributed by atoms with Gasteiger partial charge in [0.15, 0.2) is 6.10 Å². The minimum Gasteiger partial charge on any atom is -0.460 e. The fourth-order valence-electron chi connectivity index (χ4n) is 8.68. The number of hydrogen-bond acceptors (Lipinski definition) is 12. The van der Waals surface area contributed by atoms with E-state index >= 15 is 13.2 Å². The second-order valence-electron chi connectivity index (χ2n) is 19.8. The van der Waals surface area contributed by atoms with Gasteiger partial charge in [-0.2, -0.15) is 13.2 Å². The monoisotopic (exact) mass is 1060 g/mol. The number of nitrogens with one attached hydrogen (secondary N) is 2. The molecule has 0 aromatic heterocycles. The number of amides is 5. The first kappa shape index (κ1) is 63.0. The van der Waals surface area contributed by atoms with Gasteiger partial charge < -0.3 is 44.3 Å². The van der Waals surface area contributed by atoms with Crippen LogP contribution in [0.1, 0.15) is 106 Å². The summed E-state index contributed by atoms with van der Waals surface area (Å²) in [6.45, 7) is 15.5. The van der Waals surface area contributed by atoms with Gasteiger partial charge in [-0.1, -0.05) is 128 Å². The minimum atomic E-state index is -5.36. The molecule has 0 saturated carbocycles. The molecule has 0 aliphatic carbocycles. The van der Waals surface area contributed by atoms with E-state index in [1.807, 2.05) is 0 Å². The summed E-state index contributed by atoms with van der Waals surface area (Å²) in [5.74, 6) is -10.1. The highest BCUT2D eigenvalue weighted by molar-refractivity contribution is 5.96. The second-order valence-corrected chi connectivity index (χ2v) is 19.8. The predicted octanol–water partition coefficient (Wildman–Crippen LogP) is 6.31. The van der Waals surface area contributed by atoms with Crippen LogP contribution in [0.4, 0.5) is 13.2 Å². The zero-order valence-electron chi connectivity index (χ0n) is 45.8. The highest BCUT2D eigenvalue weighted by Crippen LogP contribution is 2.44. The van der Waals surface area contributed by atoms with Crippen LogP contribution in [0.3, 0.4) is 0 Å². The molecule has 0 saturated heterocycles. The summed E-state index contributed by atoms with van der Waals surface area (Å²) >= 11 is 0. The van der Waals surface area contributed by atoms with Crippen molar-refractivity contribution in [2.24, 2.45) is 23.7 Å². The first-order valence-corrected chi connectivity index (χ1v) is 25.5. The molecule has 2 aromatic rings. The summed E-state index contributed by atoms with van der Waals surface area (Å²) in [5, 5.41) is 5.36. The van der Waals surface area contributed by atoms with Gasteiger partial charge in [0.1, 0.15) is 36.4 Å². The Hall–Kier alpha value is -6.31. The molecule has 3 rings (SSSR count). The van der Waals surface area contributed by atoms with Gasteiger partial charge in [0.05, 0.1) is 6.54 Å². The number of carbonyl (C=O) groups excluding carboxylic acids is 8. The van der Waals surface area contributed by atoms with Crippen LogP contribution >= 0.6 is 0 Å². The van der Waals surface area contributed by atoms with Gasteiger partial charge in [-0.05, 0) is 44.6 Å². The van der Waals surface area contributed by atoms with Crippen molar-refractivity contribution >= 4 is 47.4 Å². The Labute approximate surface area is 439 Å². The number of benzene rings is 2. The van der Waals surface area contributed by atoms with Crippen molar-refractivity contribution in [3.63, 3.8) is 0 Å². The molecule has 416 valence electrons. The Bertz CT molecular complexity index is 2320. The summed E-state index contributed by atoms with van der Waals surface area (Å²) in [5.41, 5.74) is -3.65.